The highest BCUT2D eigenvalue weighted by Gasteiger charge is 2.16. The molecule has 0 radical (unpaired) electrons. The molecule has 6 heteroatoms. The summed E-state index contributed by atoms with van der Waals surface area (Å²) in [6.07, 6.45) is 1.69. The Kier molecular flexibility index (Phi) is 3.74. The van der Waals surface area contributed by atoms with Crippen LogP contribution in [0, 0.1) is 0 Å². The highest BCUT2D eigenvalue weighted by molar-refractivity contribution is 9.10. The first-order chi connectivity index (χ1) is 6.42. The van der Waals surface area contributed by atoms with Crippen LogP contribution in [0.25, 0.3) is 0 Å². The number of hydrazine groups is 1. The van der Waals surface area contributed by atoms with Gasteiger partial charge in [0.2, 0.25) is 5.95 Å². The number of nitrogens with zero attached hydrogens (tertiary/aromatic N) is 2. The molecule has 0 spiro atoms. The van der Waals surface area contributed by atoms with Crippen molar-refractivity contribution in [3.63, 3.8) is 0 Å². The summed E-state index contributed by atoms with van der Waals surface area (Å²) < 4.78 is 0.999. The standard InChI is InChI=1S/C8H13BrN4S/c1-8(2,3)14-6-5(9)4-11-7(12-6)13-10/h4H,10H2,1-3H3,(H,11,12,13). The van der Waals surface area contributed by atoms with E-state index < -0.39 is 0 Å². The van der Waals surface area contributed by atoms with Crippen LogP contribution in [0.3, 0.4) is 0 Å². The lowest BCUT2D eigenvalue weighted by Crippen LogP contribution is -2.12. The Balaban J connectivity index is 2.95. The van der Waals surface area contributed by atoms with E-state index in [1.165, 1.54) is 0 Å². The van der Waals surface area contributed by atoms with Gasteiger partial charge in [-0.15, -0.1) is 0 Å². The van der Waals surface area contributed by atoms with Crippen LogP contribution in [0.1, 0.15) is 20.8 Å². The lowest BCUT2D eigenvalue weighted by molar-refractivity contribution is 0.797. The summed E-state index contributed by atoms with van der Waals surface area (Å²) in [7, 11) is 0. The van der Waals surface area contributed by atoms with Crippen molar-refractivity contribution >= 4 is 33.6 Å². The van der Waals surface area contributed by atoms with Gasteiger partial charge in [0.25, 0.3) is 0 Å². The summed E-state index contributed by atoms with van der Waals surface area (Å²) in [6, 6.07) is 0. The minimum absolute atomic E-state index is 0.114. The molecule has 0 fully saturated rings. The number of thioether (sulfide) groups is 1. The quantitative estimate of drug-likeness (QED) is 0.376. The van der Waals surface area contributed by atoms with Gasteiger partial charge in [-0.2, -0.15) is 0 Å². The van der Waals surface area contributed by atoms with E-state index in [-0.39, 0.29) is 4.75 Å². The molecule has 0 unspecified atom stereocenters. The summed E-state index contributed by atoms with van der Waals surface area (Å²) >= 11 is 5.06. The maximum absolute atomic E-state index is 5.23. The third-order valence-electron chi connectivity index (χ3n) is 1.24. The van der Waals surface area contributed by atoms with Crippen molar-refractivity contribution in [2.24, 2.45) is 5.84 Å². The molecule has 0 saturated carbocycles. The molecule has 0 aliphatic heterocycles. The number of halogens is 1. The maximum atomic E-state index is 5.23. The van der Waals surface area contributed by atoms with Crippen LogP contribution in [0.4, 0.5) is 5.95 Å². The highest BCUT2D eigenvalue weighted by Crippen LogP contribution is 2.34. The molecule has 0 aliphatic rings. The SMILES string of the molecule is CC(C)(C)Sc1nc(NN)ncc1Br. The van der Waals surface area contributed by atoms with Gasteiger partial charge in [-0.3, -0.25) is 5.43 Å². The van der Waals surface area contributed by atoms with E-state index in [2.05, 4.69) is 52.1 Å². The molecule has 14 heavy (non-hydrogen) atoms. The minimum Gasteiger partial charge on any atom is -0.292 e. The number of nitrogen functional groups attached to an aromatic ring is 1. The number of hydrogen-bond donors (Lipinski definition) is 2. The molecule has 0 amide bonds. The Morgan fingerprint density at radius 3 is 2.64 bits per heavy atom. The largest absolute Gasteiger partial charge is 0.292 e. The second-order valence-corrected chi connectivity index (χ2v) is 6.38. The highest BCUT2D eigenvalue weighted by atomic mass is 79.9. The maximum Gasteiger partial charge on any atom is 0.238 e. The second kappa shape index (κ2) is 4.46. The van der Waals surface area contributed by atoms with Crippen molar-refractivity contribution in [2.75, 3.05) is 5.43 Å². The molecule has 0 aliphatic carbocycles. The Labute approximate surface area is 96.2 Å². The monoisotopic (exact) mass is 276 g/mol. The van der Waals surface area contributed by atoms with Gasteiger partial charge < -0.3 is 0 Å². The van der Waals surface area contributed by atoms with Gasteiger partial charge in [0, 0.05) is 10.9 Å². The van der Waals surface area contributed by atoms with E-state index in [4.69, 9.17) is 5.84 Å². The Bertz CT molecular complexity index is 324. The van der Waals surface area contributed by atoms with Crippen LogP contribution in [0.5, 0.6) is 0 Å². The molecule has 78 valence electrons. The third kappa shape index (κ3) is 3.43. The van der Waals surface area contributed by atoms with Crippen LogP contribution < -0.4 is 11.3 Å². The first kappa shape index (κ1) is 11.7. The van der Waals surface area contributed by atoms with Crippen LogP contribution in [-0.2, 0) is 0 Å². The average Bonchev–Trinajstić information content (AvgIpc) is 2.06. The van der Waals surface area contributed by atoms with Gasteiger partial charge in [0.15, 0.2) is 0 Å². The van der Waals surface area contributed by atoms with Gasteiger partial charge in [0.1, 0.15) is 5.03 Å². The first-order valence-corrected chi connectivity index (χ1v) is 5.71. The number of hydrogen-bond acceptors (Lipinski definition) is 5. The Hall–Kier alpha value is -0.330. The minimum atomic E-state index is 0.114. The fourth-order valence-electron chi connectivity index (χ4n) is 0.783. The molecule has 0 aromatic carbocycles. The van der Waals surface area contributed by atoms with E-state index in [0.29, 0.717) is 5.95 Å². The average molecular weight is 277 g/mol. The summed E-state index contributed by atoms with van der Waals surface area (Å²) in [4.78, 5) is 8.22. The second-order valence-electron chi connectivity index (χ2n) is 3.71. The molecule has 1 aromatic heterocycles. The zero-order valence-electron chi connectivity index (χ0n) is 8.34. The van der Waals surface area contributed by atoms with E-state index in [1.807, 2.05) is 0 Å². The predicted molar refractivity (Wildman–Crippen MR) is 63.2 cm³/mol. The fourth-order valence-corrected chi connectivity index (χ4v) is 2.08. The molecule has 1 rings (SSSR count). The first-order valence-electron chi connectivity index (χ1n) is 4.10. The van der Waals surface area contributed by atoms with Crippen LogP contribution in [0.15, 0.2) is 15.7 Å². The van der Waals surface area contributed by atoms with Gasteiger partial charge in [-0.1, -0.05) is 32.5 Å². The van der Waals surface area contributed by atoms with Crippen molar-refractivity contribution in [1.29, 1.82) is 0 Å². The topological polar surface area (TPSA) is 63.8 Å². The molecule has 0 bridgehead atoms. The van der Waals surface area contributed by atoms with E-state index in [0.717, 1.165) is 9.50 Å². The van der Waals surface area contributed by atoms with Crippen molar-refractivity contribution in [2.45, 2.75) is 30.5 Å². The molecule has 1 heterocycles. The Morgan fingerprint density at radius 1 is 1.50 bits per heavy atom. The molecule has 1 aromatic rings. The summed E-state index contributed by atoms with van der Waals surface area (Å²) in [5.74, 6) is 5.66. The van der Waals surface area contributed by atoms with Gasteiger partial charge >= 0.3 is 0 Å². The van der Waals surface area contributed by atoms with Gasteiger partial charge in [0.05, 0.1) is 4.47 Å². The fraction of sp³-hybridized carbons (Fsp3) is 0.500. The zero-order chi connectivity index (χ0) is 10.8. The van der Waals surface area contributed by atoms with Crippen molar-refractivity contribution in [1.82, 2.24) is 9.97 Å². The van der Waals surface area contributed by atoms with Crippen molar-refractivity contribution in [3.8, 4) is 0 Å². The normalized spacial score (nSPS) is 11.5. The molecule has 0 atom stereocenters. The van der Waals surface area contributed by atoms with Crippen LogP contribution in [-0.4, -0.2) is 14.7 Å². The molecular weight excluding hydrogens is 264 g/mol. The predicted octanol–water partition coefficient (Wildman–Crippen LogP) is 2.42. The van der Waals surface area contributed by atoms with E-state index >= 15 is 0 Å². The molecular formula is C8H13BrN4S. The number of anilines is 1. The molecule has 3 N–H and O–H groups in total. The van der Waals surface area contributed by atoms with Gasteiger partial charge in [-0.05, 0) is 15.9 Å². The zero-order valence-corrected chi connectivity index (χ0v) is 10.7. The summed E-state index contributed by atoms with van der Waals surface area (Å²) in [5.41, 5.74) is 2.42. The number of rotatable bonds is 2. The molecule has 4 nitrogen and oxygen atoms in total. The van der Waals surface area contributed by atoms with Crippen LogP contribution in [0.2, 0.25) is 0 Å². The number of aromatic nitrogens is 2. The van der Waals surface area contributed by atoms with E-state index in [9.17, 15) is 0 Å². The summed E-state index contributed by atoms with van der Waals surface area (Å²) in [5, 5.41) is 0.889. The van der Waals surface area contributed by atoms with Crippen molar-refractivity contribution in [3.05, 3.63) is 10.7 Å². The van der Waals surface area contributed by atoms with Gasteiger partial charge in [-0.25, -0.2) is 15.8 Å². The number of nitrogens with two attached hydrogens (primary N) is 1. The third-order valence-corrected chi connectivity index (χ3v) is 3.20. The lowest BCUT2D eigenvalue weighted by Gasteiger charge is -2.17. The number of nitrogens with one attached hydrogen (secondary N) is 1. The summed E-state index contributed by atoms with van der Waals surface area (Å²) in [6.45, 7) is 6.38. The van der Waals surface area contributed by atoms with Crippen molar-refractivity contribution < 1.29 is 0 Å². The lowest BCUT2D eigenvalue weighted by atomic mass is 10.3. The van der Waals surface area contributed by atoms with E-state index in [1.54, 1.807) is 18.0 Å². The molecule has 0 saturated heterocycles. The smallest absolute Gasteiger partial charge is 0.238 e. The van der Waals surface area contributed by atoms with Crippen LogP contribution >= 0.6 is 27.7 Å². The Morgan fingerprint density at radius 2 is 2.14 bits per heavy atom.